The Balaban J connectivity index is 1.92. The molecular weight excluding hydrogens is 322 g/mol. The predicted octanol–water partition coefficient (Wildman–Crippen LogP) is 3.31. The summed E-state index contributed by atoms with van der Waals surface area (Å²) in [5.41, 5.74) is 1.95. The molecule has 126 valence electrons. The van der Waals surface area contributed by atoms with E-state index in [0.29, 0.717) is 11.3 Å². The molecule has 0 aliphatic rings. The Bertz CT molecular complexity index is 991. The van der Waals surface area contributed by atoms with Gasteiger partial charge in [0.15, 0.2) is 6.29 Å². The lowest BCUT2D eigenvalue weighted by molar-refractivity contribution is -0.383. The number of nitrogens with one attached hydrogen (secondary N) is 1. The molecule has 2 aromatic carbocycles. The zero-order valence-corrected chi connectivity index (χ0v) is 13.4. The maximum Gasteiger partial charge on any atom is 0.292 e. The highest BCUT2D eigenvalue weighted by molar-refractivity contribution is 6.01. The fourth-order valence-electron chi connectivity index (χ4n) is 2.88. The molecule has 3 rings (SSSR count). The monoisotopic (exact) mass is 337 g/mol. The molecule has 7 heteroatoms. The number of carbonyl (C=O) groups excluding carboxylic acids is 2. The number of para-hydroxylation sites is 3. The molecule has 0 unspecified atom stereocenters. The van der Waals surface area contributed by atoms with Gasteiger partial charge in [0, 0.05) is 28.2 Å². The third kappa shape index (κ3) is 2.99. The van der Waals surface area contributed by atoms with E-state index in [1.54, 1.807) is 17.6 Å². The van der Waals surface area contributed by atoms with Crippen LogP contribution in [-0.2, 0) is 11.3 Å². The summed E-state index contributed by atoms with van der Waals surface area (Å²) in [7, 11) is 0. The number of hydrogen-bond acceptors (Lipinski definition) is 4. The first-order chi connectivity index (χ1) is 12.0. The first kappa shape index (κ1) is 16.4. The number of aromatic nitrogens is 1. The number of nitro groups is 1. The second kappa shape index (κ2) is 6.56. The third-order valence-corrected chi connectivity index (χ3v) is 4.07. The molecule has 0 bridgehead atoms. The van der Waals surface area contributed by atoms with Gasteiger partial charge >= 0.3 is 0 Å². The summed E-state index contributed by atoms with van der Waals surface area (Å²) in [5.74, 6) is -0.407. The largest absolute Gasteiger partial charge is 0.335 e. The topological polar surface area (TPSA) is 94.2 Å². The highest BCUT2D eigenvalue weighted by atomic mass is 16.6. The van der Waals surface area contributed by atoms with Crippen molar-refractivity contribution in [1.82, 2.24) is 4.57 Å². The van der Waals surface area contributed by atoms with E-state index in [-0.39, 0.29) is 17.9 Å². The lowest BCUT2D eigenvalue weighted by Crippen LogP contribution is -2.20. The highest BCUT2D eigenvalue weighted by Crippen LogP contribution is 2.26. The number of anilines is 1. The molecule has 1 aromatic heterocycles. The maximum absolute atomic E-state index is 12.4. The van der Waals surface area contributed by atoms with Crippen molar-refractivity contribution >= 4 is 34.5 Å². The van der Waals surface area contributed by atoms with Gasteiger partial charge in [-0.2, -0.15) is 0 Å². The van der Waals surface area contributed by atoms with Gasteiger partial charge in [0.1, 0.15) is 12.2 Å². The van der Waals surface area contributed by atoms with Gasteiger partial charge < -0.3 is 9.88 Å². The van der Waals surface area contributed by atoms with E-state index in [1.165, 1.54) is 18.2 Å². The number of carbonyl (C=O) groups is 2. The van der Waals surface area contributed by atoms with Crippen LogP contribution in [0.25, 0.3) is 10.9 Å². The molecule has 25 heavy (non-hydrogen) atoms. The molecule has 0 saturated carbocycles. The van der Waals surface area contributed by atoms with Gasteiger partial charge in [-0.1, -0.05) is 30.3 Å². The minimum Gasteiger partial charge on any atom is -0.335 e. The number of rotatable bonds is 5. The van der Waals surface area contributed by atoms with Crippen LogP contribution in [0.2, 0.25) is 0 Å². The fraction of sp³-hybridized carbons (Fsp3) is 0.111. The Kier molecular flexibility index (Phi) is 4.30. The van der Waals surface area contributed by atoms with Gasteiger partial charge in [0.05, 0.1) is 4.92 Å². The van der Waals surface area contributed by atoms with Crippen molar-refractivity contribution in [1.29, 1.82) is 0 Å². The first-order valence-corrected chi connectivity index (χ1v) is 7.59. The Morgan fingerprint density at radius 2 is 1.88 bits per heavy atom. The van der Waals surface area contributed by atoms with Gasteiger partial charge in [-0.15, -0.1) is 0 Å². The van der Waals surface area contributed by atoms with E-state index in [2.05, 4.69) is 5.32 Å². The van der Waals surface area contributed by atoms with Crippen molar-refractivity contribution in [2.45, 2.75) is 13.5 Å². The summed E-state index contributed by atoms with van der Waals surface area (Å²) < 4.78 is 1.73. The summed E-state index contributed by atoms with van der Waals surface area (Å²) in [6.07, 6.45) is 0.772. The minimum absolute atomic E-state index is 0.0494. The summed E-state index contributed by atoms with van der Waals surface area (Å²) >= 11 is 0. The fourth-order valence-corrected chi connectivity index (χ4v) is 2.88. The number of aldehydes is 1. The van der Waals surface area contributed by atoms with Crippen LogP contribution in [0, 0.1) is 17.0 Å². The van der Waals surface area contributed by atoms with Gasteiger partial charge in [-0.25, -0.2) is 0 Å². The van der Waals surface area contributed by atoms with Gasteiger partial charge in [0.25, 0.3) is 5.69 Å². The van der Waals surface area contributed by atoms with Crippen LogP contribution in [0.5, 0.6) is 0 Å². The molecule has 0 spiro atoms. The average Bonchev–Trinajstić information content (AvgIpc) is 2.86. The molecule has 0 fully saturated rings. The van der Waals surface area contributed by atoms with E-state index in [0.717, 1.165) is 17.2 Å². The Morgan fingerprint density at radius 1 is 1.20 bits per heavy atom. The summed E-state index contributed by atoms with van der Waals surface area (Å²) in [4.78, 5) is 34.3. The van der Waals surface area contributed by atoms with Crippen LogP contribution in [0.3, 0.4) is 0 Å². The third-order valence-electron chi connectivity index (χ3n) is 4.07. The van der Waals surface area contributed by atoms with E-state index in [9.17, 15) is 19.7 Å². The van der Waals surface area contributed by atoms with Crippen molar-refractivity contribution < 1.29 is 14.5 Å². The van der Waals surface area contributed by atoms with E-state index in [4.69, 9.17) is 0 Å². The number of benzene rings is 2. The predicted molar refractivity (Wildman–Crippen MR) is 93.8 cm³/mol. The Hall–Kier alpha value is -3.48. The molecule has 1 amide bonds. The minimum atomic E-state index is -0.545. The molecule has 0 aliphatic heterocycles. The van der Waals surface area contributed by atoms with E-state index < -0.39 is 10.8 Å². The lowest BCUT2D eigenvalue weighted by Gasteiger charge is -2.09. The number of nitro benzene ring substituents is 1. The van der Waals surface area contributed by atoms with Crippen LogP contribution in [0.15, 0.2) is 48.5 Å². The van der Waals surface area contributed by atoms with Crippen LogP contribution in [0.4, 0.5) is 11.4 Å². The van der Waals surface area contributed by atoms with Crippen LogP contribution < -0.4 is 5.32 Å². The Labute approximate surface area is 143 Å². The molecule has 7 nitrogen and oxygen atoms in total. The van der Waals surface area contributed by atoms with Crippen LogP contribution in [0.1, 0.15) is 16.1 Å². The molecule has 1 N–H and O–H groups in total. The standard InChI is InChI=1S/C18H15N3O4/c1-12-14(11-22)13-6-2-4-8-16(13)20(12)10-18(23)19-15-7-3-5-9-17(15)21(24)25/h2-9,11H,10H2,1H3,(H,19,23). The second-order valence-electron chi connectivity index (χ2n) is 5.54. The number of amides is 1. The quantitative estimate of drug-likeness (QED) is 0.439. The lowest BCUT2D eigenvalue weighted by atomic mass is 10.1. The highest BCUT2D eigenvalue weighted by Gasteiger charge is 2.18. The normalized spacial score (nSPS) is 10.6. The number of nitrogens with zero attached hydrogens (tertiary/aromatic N) is 2. The zero-order valence-electron chi connectivity index (χ0n) is 13.4. The number of fused-ring (bicyclic) bond motifs is 1. The second-order valence-corrected chi connectivity index (χ2v) is 5.54. The van der Waals surface area contributed by atoms with Gasteiger partial charge in [-0.05, 0) is 19.1 Å². The van der Waals surface area contributed by atoms with E-state index in [1.807, 2.05) is 24.3 Å². The molecule has 0 aliphatic carbocycles. The van der Waals surface area contributed by atoms with Crippen LogP contribution in [-0.4, -0.2) is 21.7 Å². The van der Waals surface area contributed by atoms with Gasteiger partial charge in [0.2, 0.25) is 5.91 Å². The summed E-state index contributed by atoms with van der Waals surface area (Å²) in [6.45, 7) is 1.72. The molecular formula is C18H15N3O4. The van der Waals surface area contributed by atoms with Crippen molar-refractivity contribution in [2.75, 3.05) is 5.32 Å². The zero-order chi connectivity index (χ0) is 18.0. The Morgan fingerprint density at radius 3 is 2.60 bits per heavy atom. The molecule has 0 radical (unpaired) electrons. The van der Waals surface area contributed by atoms with E-state index >= 15 is 0 Å². The molecule has 1 heterocycles. The average molecular weight is 337 g/mol. The summed E-state index contributed by atoms with van der Waals surface area (Å²) in [5, 5.41) is 14.4. The van der Waals surface area contributed by atoms with Crippen molar-refractivity contribution in [3.8, 4) is 0 Å². The smallest absolute Gasteiger partial charge is 0.292 e. The van der Waals surface area contributed by atoms with Crippen LogP contribution >= 0.6 is 0 Å². The maximum atomic E-state index is 12.4. The van der Waals surface area contributed by atoms with Crippen molar-refractivity contribution in [2.24, 2.45) is 0 Å². The first-order valence-electron chi connectivity index (χ1n) is 7.59. The number of hydrogen-bond donors (Lipinski definition) is 1. The molecule has 0 atom stereocenters. The SMILES string of the molecule is Cc1c(C=O)c2ccccc2n1CC(=O)Nc1ccccc1[N+](=O)[O-]. The van der Waals surface area contributed by atoms with Crippen molar-refractivity contribution in [3.05, 3.63) is 69.9 Å². The van der Waals surface area contributed by atoms with Gasteiger partial charge in [-0.3, -0.25) is 19.7 Å². The van der Waals surface area contributed by atoms with Crippen molar-refractivity contribution in [3.63, 3.8) is 0 Å². The molecule has 3 aromatic rings. The summed E-state index contributed by atoms with van der Waals surface area (Å²) in [6, 6.07) is 13.3. The molecule has 0 saturated heterocycles.